The fraction of sp³-hybridized carbons (Fsp3) is 0.667. The van der Waals surface area contributed by atoms with E-state index in [9.17, 15) is 8.42 Å². The highest BCUT2D eigenvalue weighted by atomic mass is 32.3. The zero-order valence-electron chi connectivity index (χ0n) is 4.97. The topological polar surface area (TPSA) is 79.2 Å². The zero-order chi connectivity index (χ0) is 7.61. The molecule has 1 aliphatic rings. The van der Waals surface area contributed by atoms with Crippen LogP contribution in [-0.4, -0.2) is 37.5 Å². The summed E-state index contributed by atoms with van der Waals surface area (Å²) in [5.41, 5.74) is 0. The van der Waals surface area contributed by atoms with Gasteiger partial charge in [0.15, 0.2) is 0 Å². The summed E-state index contributed by atoms with van der Waals surface area (Å²) in [6, 6.07) is 0. The zero-order valence-corrected chi connectivity index (χ0v) is 5.78. The van der Waals surface area contributed by atoms with Crippen LogP contribution in [0.3, 0.4) is 0 Å². The minimum Gasteiger partial charge on any atom is -0.271 e. The molecule has 58 valence electrons. The van der Waals surface area contributed by atoms with Crippen LogP contribution in [0.15, 0.2) is 4.99 Å². The molecule has 0 atom stereocenters. The second-order valence-electron chi connectivity index (χ2n) is 1.66. The number of rotatable bonds is 2. The van der Waals surface area contributed by atoms with Crippen molar-refractivity contribution in [3.63, 3.8) is 0 Å². The number of hydrogen-bond donors (Lipinski definition) is 1. The van der Waals surface area contributed by atoms with E-state index < -0.39 is 10.4 Å². The first-order chi connectivity index (χ1) is 4.58. The predicted molar refractivity (Wildman–Crippen MR) is 32.7 cm³/mol. The molecule has 0 amide bonds. The summed E-state index contributed by atoms with van der Waals surface area (Å²) in [5, 5.41) is 0.940. The first-order valence-corrected chi connectivity index (χ1v) is 3.88. The second-order valence-corrected chi connectivity index (χ2v) is 2.67. The maximum atomic E-state index is 10.0. The fourth-order valence-electron chi connectivity index (χ4n) is 0.540. The third kappa shape index (κ3) is 2.29. The lowest BCUT2D eigenvalue weighted by molar-refractivity contribution is 0.0306. The van der Waals surface area contributed by atoms with Crippen molar-refractivity contribution in [2.24, 2.45) is 4.99 Å². The van der Waals surface area contributed by atoms with Crippen molar-refractivity contribution >= 4 is 16.7 Å². The van der Waals surface area contributed by atoms with E-state index in [4.69, 9.17) is 4.55 Å². The van der Waals surface area contributed by atoms with Gasteiger partial charge >= 0.3 is 10.4 Å². The molecule has 7 heteroatoms. The smallest absolute Gasteiger partial charge is 0.271 e. The van der Waals surface area contributed by atoms with Gasteiger partial charge in [-0.3, -0.25) is 9.55 Å². The average Bonchev–Trinajstić information content (AvgIpc) is 2.12. The van der Waals surface area contributed by atoms with E-state index in [2.05, 4.69) is 9.28 Å². The standard InChI is InChI=1S/C3H6N2O4S/c6-10(7,8)9-5-2-1-4-3-5/h3H,1-2H2,(H,6,7,8). The molecule has 0 radical (unpaired) electrons. The molecule has 10 heavy (non-hydrogen) atoms. The van der Waals surface area contributed by atoms with E-state index in [0.717, 1.165) is 5.06 Å². The Labute approximate surface area is 58.0 Å². The predicted octanol–water partition coefficient (Wildman–Crippen LogP) is -0.935. The van der Waals surface area contributed by atoms with Crippen LogP contribution in [0.2, 0.25) is 0 Å². The molecule has 1 heterocycles. The van der Waals surface area contributed by atoms with Crippen LogP contribution in [0.4, 0.5) is 0 Å². The SMILES string of the molecule is O=S(=O)(O)ON1C=NCC1. The molecule has 0 aromatic carbocycles. The van der Waals surface area contributed by atoms with Crippen molar-refractivity contribution in [3.8, 4) is 0 Å². The van der Waals surface area contributed by atoms with E-state index in [1.54, 1.807) is 0 Å². The lowest BCUT2D eigenvalue weighted by Crippen LogP contribution is -2.23. The quantitative estimate of drug-likeness (QED) is 0.536. The molecule has 0 saturated heterocycles. The highest BCUT2D eigenvalue weighted by Crippen LogP contribution is 1.97. The summed E-state index contributed by atoms with van der Waals surface area (Å²) < 4.78 is 32.2. The van der Waals surface area contributed by atoms with Crippen LogP contribution in [0, 0.1) is 0 Å². The van der Waals surface area contributed by atoms with E-state index >= 15 is 0 Å². The summed E-state index contributed by atoms with van der Waals surface area (Å²) in [4.78, 5) is 3.65. The number of aliphatic imine (C=N–C) groups is 1. The number of nitrogens with zero attached hydrogens (tertiary/aromatic N) is 2. The largest absolute Gasteiger partial charge is 0.418 e. The highest BCUT2D eigenvalue weighted by molar-refractivity contribution is 7.80. The third-order valence-electron chi connectivity index (χ3n) is 0.850. The van der Waals surface area contributed by atoms with Crippen molar-refractivity contribution in [3.05, 3.63) is 0 Å². The van der Waals surface area contributed by atoms with Gasteiger partial charge in [-0.2, -0.15) is 8.42 Å². The Kier molecular flexibility index (Phi) is 1.88. The van der Waals surface area contributed by atoms with E-state index in [0.29, 0.717) is 13.1 Å². The third-order valence-corrected chi connectivity index (χ3v) is 1.23. The van der Waals surface area contributed by atoms with Gasteiger partial charge in [0.05, 0.1) is 13.1 Å². The Morgan fingerprint density at radius 1 is 1.70 bits per heavy atom. The summed E-state index contributed by atoms with van der Waals surface area (Å²) >= 11 is 0. The molecule has 1 aliphatic heterocycles. The van der Waals surface area contributed by atoms with Gasteiger partial charge in [0.25, 0.3) is 0 Å². The Morgan fingerprint density at radius 3 is 2.80 bits per heavy atom. The Bertz CT molecular complexity index is 233. The van der Waals surface area contributed by atoms with Crippen molar-refractivity contribution in [2.75, 3.05) is 13.1 Å². The molecule has 0 unspecified atom stereocenters. The van der Waals surface area contributed by atoms with Gasteiger partial charge < -0.3 is 0 Å². The maximum Gasteiger partial charge on any atom is 0.418 e. The van der Waals surface area contributed by atoms with E-state index in [1.807, 2.05) is 0 Å². The highest BCUT2D eigenvalue weighted by Gasteiger charge is 2.13. The van der Waals surface area contributed by atoms with Gasteiger partial charge in [-0.15, -0.1) is 4.28 Å². The Hall–Kier alpha value is -0.660. The lowest BCUT2D eigenvalue weighted by Gasteiger charge is -2.08. The van der Waals surface area contributed by atoms with Crippen LogP contribution in [0.5, 0.6) is 0 Å². The minimum absolute atomic E-state index is 0.347. The summed E-state index contributed by atoms with van der Waals surface area (Å²) in [7, 11) is -4.37. The van der Waals surface area contributed by atoms with E-state index in [1.165, 1.54) is 6.34 Å². The van der Waals surface area contributed by atoms with Crippen LogP contribution >= 0.6 is 0 Å². The molecule has 6 nitrogen and oxygen atoms in total. The first-order valence-electron chi connectivity index (χ1n) is 2.51. The van der Waals surface area contributed by atoms with Crippen molar-refractivity contribution in [1.82, 2.24) is 5.06 Å². The normalized spacial score (nSPS) is 18.3. The molecule has 0 aromatic heterocycles. The molecule has 0 aromatic rings. The molecule has 0 saturated carbocycles. The van der Waals surface area contributed by atoms with Gasteiger partial charge in [0, 0.05) is 0 Å². The summed E-state index contributed by atoms with van der Waals surface area (Å²) in [6.07, 6.45) is 1.20. The Balaban J connectivity index is 2.47. The first kappa shape index (κ1) is 7.45. The van der Waals surface area contributed by atoms with Gasteiger partial charge in [-0.05, 0) is 0 Å². The van der Waals surface area contributed by atoms with Gasteiger partial charge in [0.2, 0.25) is 0 Å². The molecular weight excluding hydrogens is 160 g/mol. The molecule has 1 N–H and O–H groups in total. The van der Waals surface area contributed by atoms with Crippen LogP contribution in [-0.2, 0) is 14.7 Å². The Morgan fingerprint density at radius 2 is 2.40 bits per heavy atom. The molecule has 1 rings (SSSR count). The van der Waals surface area contributed by atoms with Crippen molar-refractivity contribution < 1.29 is 17.3 Å². The van der Waals surface area contributed by atoms with Crippen molar-refractivity contribution in [2.45, 2.75) is 0 Å². The second kappa shape index (κ2) is 2.52. The van der Waals surface area contributed by atoms with Crippen LogP contribution in [0.1, 0.15) is 0 Å². The molecular formula is C3H6N2O4S. The van der Waals surface area contributed by atoms with E-state index in [-0.39, 0.29) is 0 Å². The molecule has 0 spiro atoms. The summed E-state index contributed by atoms with van der Waals surface area (Å²) in [6.45, 7) is 0.829. The molecule has 0 bridgehead atoms. The minimum atomic E-state index is -4.37. The van der Waals surface area contributed by atoms with Gasteiger partial charge in [0.1, 0.15) is 6.34 Å². The van der Waals surface area contributed by atoms with Crippen LogP contribution in [0.25, 0.3) is 0 Å². The fourth-order valence-corrected chi connectivity index (χ4v) is 0.895. The summed E-state index contributed by atoms with van der Waals surface area (Å²) in [5.74, 6) is 0. The maximum absolute atomic E-state index is 10.0. The average molecular weight is 166 g/mol. The molecule has 0 fully saturated rings. The monoisotopic (exact) mass is 166 g/mol. The lowest BCUT2D eigenvalue weighted by atomic mass is 10.7. The molecule has 0 aliphatic carbocycles. The van der Waals surface area contributed by atoms with Gasteiger partial charge in [-0.1, -0.05) is 0 Å². The number of hydrogen-bond acceptors (Lipinski definition) is 5. The van der Waals surface area contributed by atoms with Crippen molar-refractivity contribution in [1.29, 1.82) is 0 Å². The number of hydroxylamine groups is 2. The van der Waals surface area contributed by atoms with Crippen LogP contribution < -0.4 is 0 Å². The van der Waals surface area contributed by atoms with Gasteiger partial charge in [-0.25, -0.2) is 5.06 Å².